The van der Waals surface area contributed by atoms with Gasteiger partial charge >= 0.3 is 0 Å². The largest absolute Gasteiger partial charge is 0.451 e. The standard InChI is InChI=1S/C23H27N3O5S/c1-3-25-12-14-26(15-13-25)32(28,29)18-10-8-17(9-11-18)24-23(27)22-20(16-30-2)19-6-4-5-7-21(19)31-22/h4-11H,3,12-16H2,1-2H3,(H,24,27). The monoisotopic (exact) mass is 457 g/mol. The number of methoxy groups -OCH3 is 1. The number of anilines is 1. The topological polar surface area (TPSA) is 92.1 Å². The van der Waals surface area contributed by atoms with Crippen LogP contribution in [0.3, 0.4) is 0 Å². The van der Waals surface area contributed by atoms with Gasteiger partial charge in [0.1, 0.15) is 5.58 Å². The molecule has 1 aliphatic rings. The number of ether oxygens (including phenoxy) is 1. The molecule has 0 unspecified atom stereocenters. The van der Waals surface area contributed by atoms with Gasteiger partial charge in [-0.2, -0.15) is 4.31 Å². The van der Waals surface area contributed by atoms with Crippen molar-refractivity contribution < 1.29 is 22.4 Å². The fourth-order valence-corrected chi connectivity index (χ4v) is 5.33. The van der Waals surface area contributed by atoms with Crippen molar-refractivity contribution in [3.63, 3.8) is 0 Å². The molecule has 1 aromatic heterocycles. The molecule has 1 aliphatic heterocycles. The lowest BCUT2D eigenvalue weighted by Gasteiger charge is -2.33. The van der Waals surface area contributed by atoms with Gasteiger partial charge in [0.25, 0.3) is 5.91 Å². The summed E-state index contributed by atoms with van der Waals surface area (Å²) in [7, 11) is -2.00. The van der Waals surface area contributed by atoms with Crippen LogP contribution in [0.15, 0.2) is 57.8 Å². The number of fused-ring (bicyclic) bond motifs is 1. The Morgan fingerprint density at radius 1 is 1.06 bits per heavy atom. The molecule has 9 heteroatoms. The minimum atomic E-state index is -3.56. The van der Waals surface area contributed by atoms with Crippen molar-refractivity contribution in [1.82, 2.24) is 9.21 Å². The van der Waals surface area contributed by atoms with Crippen molar-refractivity contribution in [2.24, 2.45) is 0 Å². The summed E-state index contributed by atoms with van der Waals surface area (Å²) >= 11 is 0. The van der Waals surface area contributed by atoms with E-state index < -0.39 is 15.9 Å². The van der Waals surface area contributed by atoms with Gasteiger partial charge in [-0.25, -0.2) is 8.42 Å². The number of hydrogen-bond acceptors (Lipinski definition) is 6. The maximum absolute atomic E-state index is 12.9. The SMILES string of the molecule is CCN1CCN(S(=O)(=O)c2ccc(NC(=O)c3oc4ccccc4c3COC)cc2)CC1. The van der Waals surface area contributed by atoms with Crippen LogP contribution in [-0.2, 0) is 21.4 Å². The Balaban J connectivity index is 1.50. The second-order valence-corrected chi connectivity index (χ2v) is 9.59. The average Bonchev–Trinajstić information content (AvgIpc) is 3.18. The molecule has 8 nitrogen and oxygen atoms in total. The lowest BCUT2D eigenvalue weighted by atomic mass is 10.1. The average molecular weight is 458 g/mol. The molecule has 1 fully saturated rings. The van der Waals surface area contributed by atoms with E-state index in [-0.39, 0.29) is 17.3 Å². The number of sulfonamides is 1. The number of para-hydroxylation sites is 1. The lowest BCUT2D eigenvalue weighted by Crippen LogP contribution is -2.48. The van der Waals surface area contributed by atoms with Crippen LogP contribution in [0.1, 0.15) is 23.0 Å². The molecule has 0 radical (unpaired) electrons. The van der Waals surface area contributed by atoms with E-state index in [0.717, 1.165) is 25.0 Å². The number of furan rings is 1. The molecule has 2 aromatic carbocycles. The van der Waals surface area contributed by atoms with Crippen LogP contribution in [-0.4, -0.2) is 63.4 Å². The van der Waals surface area contributed by atoms with E-state index in [1.165, 1.54) is 16.4 Å². The number of carbonyl (C=O) groups excluding carboxylic acids is 1. The number of carbonyl (C=O) groups is 1. The zero-order valence-corrected chi connectivity index (χ0v) is 19.0. The van der Waals surface area contributed by atoms with Gasteiger partial charge in [-0.3, -0.25) is 4.79 Å². The first-order valence-corrected chi connectivity index (χ1v) is 12.0. The first kappa shape index (κ1) is 22.5. The molecule has 3 aromatic rings. The first-order valence-electron chi connectivity index (χ1n) is 10.6. The minimum absolute atomic E-state index is 0.179. The Morgan fingerprint density at radius 2 is 1.75 bits per heavy atom. The molecule has 32 heavy (non-hydrogen) atoms. The Labute approximate surface area is 187 Å². The third-order valence-corrected chi connectivity index (χ3v) is 7.63. The number of rotatable bonds is 7. The highest BCUT2D eigenvalue weighted by atomic mass is 32.2. The summed E-state index contributed by atoms with van der Waals surface area (Å²) in [6.45, 7) is 5.63. The molecule has 1 amide bonds. The van der Waals surface area contributed by atoms with Crippen LogP contribution in [0.5, 0.6) is 0 Å². The zero-order valence-electron chi connectivity index (χ0n) is 18.2. The fraction of sp³-hybridized carbons (Fsp3) is 0.348. The quantitative estimate of drug-likeness (QED) is 0.586. The van der Waals surface area contributed by atoms with E-state index in [1.54, 1.807) is 25.3 Å². The molecule has 4 rings (SSSR count). The van der Waals surface area contributed by atoms with E-state index in [1.807, 2.05) is 18.2 Å². The number of nitrogens with one attached hydrogen (secondary N) is 1. The molecule has 0 saturated carbocycles. The second kappa shape index (κ2) is 9.41. The van der Waals surface area contributed by atoms with Crippen LogP contribution in [0.4, 0.5) is 5.69 Å². The molecular formula is C23H27N3O5S. The van der Waals surface area contributed by atoms with Gasteiger partial charge in [-0.1, -0.05) is 25.1 Å². The fourth-order valence-electron chi connectivity index (χ4n) is 3.90. The van der Waals surface area contributed by atoms with Crippen LogP contribution in [0, 0.1) is 0 Å². The van der Waals surface area contributed by atoms with Crippen LogP contribution >= 0.6 is 0 Å². The molecule has 2 heterocycles. The number of nitrogens with zero attached hydrogens (tertiary/aromatic N) is 2. The molecule has 0 bridgehead atoms. The third kappa shape index (κ3) is 4.42. The van der Waals surface area contributed by atoms with E-state index >= 15 is 0 Å². The highest BCUT2D eigenvalue weighted by Crippen LogP contribution is 2.27. The van der Waals surface area contributed by atoms with Gasteiger partial charge in [0.2, 0.25) is 10.0 Å². The van der Waals surface area contributed by atoms with E-state index in [0.29, 0.717) is 29.9 Å². The highest BCUT2D eigenvalue weighted by molar-refractivity contribution is 7.89. The van der Waals surface area contributed by atoms with Gasteiger partial charge in [0.15, 0.2) is 5.76 Å². The van der Waals surface area contributed by atoms with Crippen molar-refractivity contribution in [2.75, 3.05) is 45.2 Å². The van der Waals surface area contributed by atoms with Gasteiger partial charge in [-0.05, 0) is 36.9 Å². The predicted octanol–water partition coefficient (Wildman–Crippen LogP) is 3.16. The molecule has 0 spiro atoms. The second-order valence-electron chi connectivity index (χ2n) is 7.66. The van der Waals surface area contributed by atoms with Gasteiger partial charge in [-0.15, -0.1) is 0 Å². The molecular weight excluding hydrogens is 430 g/mol. The van der Waals surface area contributed by atoms with E-state index in [9.17, 15) is 13.2 Å². The van der Waals surface area contributed by atoms with Crippen LogP contribution < -0.4 is 5.32 Å². The van der Waals surface area contributed by atoms with Crippen molar-refractivity contribution in [1.29, 1.82) is 0 Å². The Hall–Kier alpha value is -2.72. The number of hydrogen-bond donors (Lipinski definition) is 1. The van der Waals surface area contributed by atoms with E-state index in [2.05, 4.69) is 17.1 Å². The smallest absolute Gasteiger partial charge is 0.291 e. The summed E-state index contributed by atoms with van der Waals surface area (Å²) < 4.78 is 38.4. The number of benzene rings is 2. The first-order chi connectivity index (χ1) is 15.4. The molecule has 0 atom stereocenters. The Morgan fingerprint density at radius 3 is 2.41 bits per heavy atom. The van der Waals surface area contributed by atoms with Gasteiger partial charge in [0.05, 0.1) is 11.5 Å². The molecule has 1 saturated heterocycles. The Bertz CT molecular complexity index is 1200. The predicted molar refractivity (Wildman–Crippen MR) is 122 cm³/mol. The lowest BCUT2D eigenvalue weighted by molar-refractivity contribution is 0.0992. The maximum atomic E-state index is 12.9. The molecule has 170 valence electrons. The maximum Gasteiger partial charge on any atom is 0.291 e. The number of amides is 1. The molecule has 0 aliphatic carbocycles. The van der Waals surface area contributed by atoms with E-state index in [4.69, 9.17) is 9.15 Å². The van der Waals surface area contributed by atoms with Gasteiger partial charge < -0.3 is 19.4 Å². The minimum Gasteiger partial charge on any atom is -0.451 e. The van der Waals surface area contributed by atoms with Crippen molar-refractivity contribution in [2.45, 2.75) is 18.4 Å². The summed E-state index contributed by atoms with van der Waals surface area (Å²) in [6.07, 6.45) is 0. The number of piperazine rings is 1. The van der Waals surface area contributed by atoms with Crippen molar-refractivity contribution >= 4 is 32.6 Å². The van der Waals surface area contributed by atoms with Crippen LogP contribution in [0.25, 0.3) is 11.0 Å². The normalized spacial score (nSPS) is 15.8. The zero-order chi connectivity index (χ0) is 22.7. The summed E-state index contributed by atoms with van der Waals surface area (Å²) in [5.74, 6) is -0.238. The van der Waals surface area contributed by atoms with Crippen LogP contribution in [0.2, 0.25) is 0 Å². The molecule has 1 N–H and O–H groups in total. The van der Waals surface area contributed by atoms with Crippen molar-refractivity contribution in [3.05, 3.63) is 59.9 Å². The highest BCUT2D eigenvalue weighted by Gasteiger charge is 2.28. The summed E-state index contributed by atoms with van der Waals surface area (Å²) in [5.41, 5.74) is 1.76. The summed E-state index contributed by atoms with van der Waals surface area (Å²) in [4.78, 5) is 15.3. The van der Waals surface area contributed by atoms with Gasteiger partial charge in [0, 0.05) is 49.9 Å². The number of likely N-dealkylation sites (N-methyl/N-ethyl adjacent to an activating group) is 1. The Kier molecular flexibility index (Phi) is 6.61. The third-order valence-electron chi connectivity index (χ3n) is 5.72. The summed E-state index contributed by atoms with van der Waals surface area (Å²) in [5, 5.41) is 3.61. The van der Waals surface area contributed by atoms with Crippen molar-refractivity contribution in [3.8, 4) is 0 Å². The summed E-state index contributed by atoms with van der Waals surface area (Å²) in [6, 6.07) is 13.6.